The number of anilines is 2. The van der Waals surface area contributed by atoms with Gasteiger partial charge < -0.3 is 21.1 Å². The van der Waals surface area contributed by atoms with Crippen molar-refractivity contribution in [3.8, 4) is 5.75 Å². The van der Waals surface area contributed by atoms with Gasteiger partial charge in [-0.1, -0.05) is 72.3 Å². The maximum absolute atomic E-state index is 13.4. The lowest BCUT2D eigenvalue weighted by Crippen LogP contribution is -2.37. The number of nitrogens with two attached hydrogens (primary N) is 1. The van der Waals surface area contributed by atoms with E-state index in [1.165, 1.54) is 12.1 Å². The van der Waals surface area contributed by atoms with Gasteiger partial charge >= 0.3 is 0 Å². The van der Waals surface area contributed by atoms with Crippen molar-refractivity contribution >= 4 is 34.8 Å². The first-order valence-corrected chi connectivity index (χ1v) is 12.3. The van der Waals surface area contributed by atoms with E-state index in [0.717, 1.165) is 5.56 Å². The van der Waals surface area contributed by atoms with Gasteiger partial charge in [0.2, 0.25) is 5.91 Å². The molecular formula is C30H29ClFN3O3. The van der Waals surface area contributed by atoms with Crippen molar-refractivity contribution < 1.29 is 18.7 Å². The van der Waals surface area contributed by atoms with Crippen LogP contribution in [0, 0.1) is 5.82 Å². The molecule has 2 unspecified atom stereocenters. The fourth-order valence-electron chi connectivity index (χ4n) is 3.28. The minimum atomic E-state index is -0.706. The van der Waals surface area contributed by atoms with Crippen molar-refractivity contribution in [2.24, 2.45) is 5.73 Å². The highest BCUT2D eigenvalue weighted by molar-refractivity contribution is 6.30. The first-order chi connectivity index (χ1) is 18.3. The van der Waals surface area contributed by atoms with Gasteiger partial charge in [-0.3, -0.25) is 9.59 Å². The van der Waals surface area contributed by atoms with Crippen molar-refractivity contribution in [2.75, 3.05) is 10.6 Å². The van der Waals surface area contributed by atoms with Gasteiger partial charge in [0.15, 0.2) is 6.10 Å². The van der Waals surface area contributed by atoms with Gasteiger partial charge in [-0.2, -0.15) is 0 Å². The van der Waals surface area contributed by atoms with E-state index in [0.29, 0.717) is 22.9 Å². The fourth-order valence-corrected chi connectivity index (χ4v) is 3.41. The van der Waals surface area contributed by atoms with E-state index in [1.807, 2.05) is 48.5 Å². The Hall–Kier alpha value is -4.20. The molecule has 4 rings (SSSR count). The molecule has 0 heterocycles. The summed E-state index contributed by atoms with van der Waals surface area (Å²) in [6.07, 6.45) is -0.192. The third-order valence-corrected chi connectivity index (χ3v) is 5.56. The van der Waals surface area contributed by atoms with Crippen LogP contribution < -0.4 is 21.1 Å². The van der Waals surface area contributed by atoms with Crippen molar-refractivity contribution in [3.05, 3.63) is 126 Å². The minimum Gasteiger partial charge on any atom is -0.481 e. The first-order valence-electron chi connectivity index (χ1n) is 11.9. The molecule has 196 valence electrons. The van der Waals surface area contributed by atoms with E-state index in [1.54, 1.807) is 55.5 Å². The van der Waals surface area contributed by atoms with Crippen molar-refractivity contribution in [1.82, 2.24) is 0 Å². The molecule has 0 aromatic heterocycles. The number of carbonyl (C=O) groups excluding carboxylic acids is 2. The number of carbonyl (C=O) groups is 2. The number of hydrogen-bond acceptors (Lipinski definition) is 4. The molecule has 0 aliphatic carbocycles. The molecule has 0 fully saturated rings. The summed E-state index contributed by atoms with van der Waals surface area (Å²) in [6.45, 7) is 1.61. The summed E-state index contributed by atoms with van der Waals surface area (Å²) < 4.78 is 18.8. The highest BCUT2D eigenvalue weighted by Gasteiger charge is 2.16. The van der Waals surface area contributed by atoms with E-state index in [4.69, 9.17) is 22.1 Å². The highest BCUT2D eigenvalue weighted by Crippen LogP contribution is 2.16. The lowest BCUT2D eigenvalue weighted by atomic mass is 10.1. The molecule has 2 amide bonds. The second-order valence-corrected chi connectivity index (χ2v) is 8.77. The molecule has 0 aliphatic rings. The number of amides is 2. The van der Waals surface area contributed by atoms with Crippen molar-refractivity contribution in [1.29, 1.82) is 0 Å². The number of hydrogen-bond donors (Lipinski definition) is 3. The summed E-state index contributed by atoms with van der Waals surface area (Å²) in [5, 5.41) is 5.89. The zero-order valence-corrected chi connectivity index (χ0v) is 21.6. The Balaban J connectivity index is 0.000000211. The predicted molar refractivity (Wildman–Crippen MR) is 150 cm³/mol. The number of nitrogens with one attached hydrogen (secondary N) is 2. The Labute approximate surface area is 226 Å². The topological polar surface area (TPSA) is 93.4 Å². The molecule has 6 nitrogen and oxygen atoms in total. The van der Waals surface area contributed by atoms with Crippen LogP contribution in [-0.2, 0) is 16.0 Å². The zero-order chi connectivity index (χ0) is 27.3. The Morgan fingerprint density at radius 3 is 2.03 bits per heavy atom. The second kappa shape index (κ2) is 14.5. The molecule has 0 saturated heterocycles. The number of rotatable bonds is 8. The molecule has 8 heteroatoms. The fraction of sp³-hybridized carbons (Fsp3) is 0.133. The molecule has 0 spiro atoms. The number of benzene rings is 4. The smallest absolute Gasteiger partial charge is 0.265 e. The predicted octanol–water partition coefficient (Wildman–Crippen LogP) is 6.08. The summed E-state index contributed by atoms with van der Waals surface area (Å²) >= 11 is 5.78. The van der Waals surface area contributed by atoms with E-state index < -0.39 is 23.9 Å². The first kappa shape index (κ1) is 28.4. The van der Waals surface area contributed by atoms with Crippen LogP contribution in [-0.4, -0.2) is 24.0 Å². The van der Waals surface area contributed by atoms with Gasteiger partial charge in [0.1, 0.15) is 11.6 Å². The molecule has 0 radical (unpaired) electrons. The monoisotopic (exact) mass is 533 g/mol. The van der Waals surface area contributed by atoms with Crippen molar-refractivity contribution in [3.63, 3.8) is 0 Å². The van der Waals surface area contributed by atoms with Gasteiger partial charge in [-0.25, -0.2) is 4.39 Å². The molecule has 4 N–H and O–H groups in total. The molecule has 0 saturated carbocycles. The highest BCUT2D eigenvalue weighted by atomic mass is 35.5. The van der Waals surface area contributed by atoms with Crippen molar-refractivity contribution in [2.45, 2.75) is 25.5 Å². The van der Waals surface area contributed by atoms with Crippen LogP contribution >= 0.6 is 11.6 Å². The summed E-state index contributed by atoms with van der Waals surface area (Å²) in [5.41, 5.74) is 7.77. The molecule has 4 aromatic rings. The van der Waals surface area contributed by atoms with Gasteiger partial charge in [-0.05, 0) is 67.4 Å². The number of para-hydroxylation sites is 2. The van der Waals surface area contributed by atoms with Crippen LogP contribution in [0.3, 0.4) is 0 Å². The molecule has 0 aliphatic heterocycles. The summed E-state index contributed by atoms with van der Waals surface area (Å²) in [5.74, 6) is -0.471. The normalized spacial score (nSPS) is 11.8. The second-order valence-electron chi connectivity index (χ2n) is 8.33. The Morgan fingerprint density at radius 1 is 0.816 bits per heavy atom. The molecule has 4 aromatic carbocycles. The van der Waals surface area contributed by atoms with E-state index in [9.17, 15) is 14.0 Å². The molecule has 2 atom stereocenters. The number of halogens is 2. The van der Waals surface area contributed by atoms with Crippen LogP contribution in [0.2, 0.25) is 5.02 Å². The largest absolute Gasteiger partial charge is 0.481 e. The SMILES string of the molecule is CC(Oc1ccccc1)C(=O)Nc1ccccc1F.NC(Cc1ccccc1)C(=O)Nc1ccc(Cl)cc1. The molecular weight excluding hydrogens is 505 g/mol. The quantitative estimate of drug-likeness (QED) is 0.256. The average molecular weight is 534 g/mol. The third kappa shape index (κ3) is 9.35. The molecule has 0 bridgehead atoms. The van der Waals surface area contributed by atoms with Crippen LogP contribution in [0.4, 0.5) is 15.8 Å². The average Bonchev–Trinajstić information content (AvgIpc) is 2.92. The lowest BCUT2D eigenvalue weighted by molar-refractivity contribution is -0.122. The summed E-state index contributed by atoms with van der Waals surface area (Å²) in [6, 6.07) is 31.1. The van der Waals surface area contributed by atoms with Crippen LogP contribution in [0.15, 0.2) is 109 Å². The molecule has 38 heavy (non-hydrogen) atoms. The Kier molecular flexibility index (Phi) is 10.8. The maximum Gasteiger partial charge on any atom is 0.265 e. The van der Waals surface area contributed by atoms with Crippen LogP contribution in [0.1, 0.15) is 12.5 Å². The van der Waals surface area contributed by atoms with E-state index in [-0.39, 0.29) is 11.6 Å². The number of ether oxygens (including phenoxy) is 1. The lowest BCUT2D eigenvalue weighted by Gasteiger charge is -2.14. The summed E-state index contributed by atoms with van der Waals surface area (Å²) in [4.78, 5) is 23.8. The Bertz CT molecular complexity index is 1310. The third-order valence-electron chi connectivity index (χ3n) is 5.30. The Morgan fingerprint density at radius 2 is 1.39 bits per heavy atom. The minimum absolute atomic E-state index is 0.149. The van der Waals surface area contributed by atoms with Gasteiger partial charge in [0.25, 0.3) is 5.91 Å². The van der Waals surface area contributed by atoms with E-state index in [2.05, 4.69) is 10.6 Å². The standard InChI is InChI=1S/C15H15ClN2O.C15H14FNO2/c16-12-6-8-13(9-7-12)18-15(19)14(17)10-11-4-2-1-3-5-11;1-11(19-12-7-3-2-4-8-12)15(18)17-14-10-6-5-9-13(14)16/h1-9,14H,10,17H2,(H,18,19);2-11H,1H3,(H,17,18). The summed E-state index contributed by atoms with van der Waals surface area (Å²) in [7, 11) is 0. The van der Waals surface area contributed by atoms with Gasteiger partial charge in [0, 0.05) is 10.7 Å². The van der Waals surface area contributed by atoms with Gasteiger partial charge in [-0.15, -0.1) is 0 Å². The van der Waals surface area contributed by atoms with Gasteiger partial charge in [0.05, 0.1) is 11.7 Å². The zero-order valence-electron chi connectivity index (χ0n) is 20.8. The van der Waals surface area contributed by atoms with Crippen LogP contribution in [0.5, 0.6) is 5.75 Å². The maximum atomic E-state index is 13.4. The van der Waals surface area contributed by atoms with Crippen LogP contribution in [0.25, 0.3) is 0 Å². The van der Waals surface area contributed by atoms with E-state index >= 15 is 0 Å².